The van der Waals surface area contributed by atoms with E-state index in [0.717, 1.165) is 51.3 Å². The minimum Gasteiger partial charge on any atom is -0.466 e. The van der Waals surface area contributed by atoms with Gasteiger partial charge in [0.1, 0.15) is 0 Å². The van der Waals surface area contributed by atoms with E-state index in [9.17, 15) is 14.4 Å². The van der Waals surface area contributed by atoms with Crippen molar-refractivity contribution in [1.82, 2.24) is 10.2 Å². The molecule has 1 aliphatic rings. The maximum Gasteiger partial charge on any atom is 0.330 e. The van der Waals surface area contributed by atoms with Crippen molar-refractivity contribution in [3.8, 4) is 0 Å². The second-order valence-corrected chi connectivity index (χ2v) is 5.05. The molecule has 1 fully saturated rings. The largest absolute Gasteiger partial charge is 0.466 e. The number of ether oxygens (including phenoxy) is 1. The van der Waals surface area contributed by atoms with Gasteiger partial charge >= 0.3 is 5.97 Å². The molecule has 6 nitrogen and oxygen atoms in total. The third kappa shape index (κ3) is 7.48. The molecule has 0 atom stereocenters. The van der Waals surface area contributed by atoms with Crippen LogP contribution < -0.4 is 5.32 Å². The Morgan fingerprint density at radius 1 is 1.24 bits per heavy atom. The normalized spacial score (nSPS) is 14.7. The predicted octanol–water partition coefficient (Wildman–Crippen LogP) is 1.01. The maximum atomic E-state index is 11.4. The molecule has 1 aliphatic heterocycles. The Balaban J connectivity index is 1.94. The van der Waals surface area contributed by atoms with Gasteiger partial charge in [-0.25, -0.2) is 4.79 Å². The molecule has 1 N–H and O–H groups in total. The van der Waals surface area contributed by atoms with Crippen LogP contribution in [0.4, 0.5) is 0 Å². The average Bonchev–Trinajstić information content (AvgIpc) is 2.89. The highest BCUT2D eigenvalue weighted by Crippen LogP contribution is 2.11. The number of nitrogens with one attached hydrogen (secondary N) is 1. The number of hydrogen-bond acceptors (Lipinski definition) is 4. The van der Waals surface area contributed by atoms with Gasteiger partial charge in [-0.05, 0) is 19.3 Å². The molecule has 2 amide bonds. The summed E-state index contributed by atoms with van der Waals surface area (Å²) in [5.74, 6) is -0.552. The third-order valence-corrected chi connectivity index (χ3v) is 3.40. The highest BCUT2D eigenvalue weighted by molar-refractivity contribution is 5.94. The van der Waals surface area contributed by atoms with Gasteiger partial charge in [-0.1, -0.05) is 12.8 Å². The Kier molecular flexibility index (Phi) is 8.16. The first-order valence-corrected chi connectivity index (χ1v) is 7.45. The zero-order valence-corrected chi connectivity index (χ0v) is 12.6. The van der Waals surface area contributed by atoms with E-state index >= 15 is 0 Å². The minimum atomic E-state index is -0.540. The van der Waals surface area contributed by atoms with E-state index in [1.165, 1.54) is 13.2 Å². The highest BCUT2D eigenvalue weighted by atomic mass is 16.5. The van der Waals surface area contributed by atoms with Crippen molar-refractivity contribution >= 4 is 17.8 Å². The average molecular weight is 296 g/mol. The quantitative estimate of drug-likeness (QED) is 0.391. The summed E-state index contributed by atoms with van der Waals surface area (Å²) in [5.41, 5.74) is 0. The summed E-state index contributed by atoms with van der Waals surface area (Å²) in [6.07, 6.45) is 7.94. The monoisotopic (exact) mass is 296 g/mol. The van der Waals surface area contributed by atoms with Crippen molar-refractivity contribution in [2.75, 3.05) is 26.7 Å². The Hall–Kier alpha value is -1.85. The van der Waals surface area contributed by atoms with Crippen molar-refractivity contribution in [3.05, 3.63) is 12.2 Å². The Morgan fingerprint density at radius 3 is 2.67 bits per heavy atom. The van der Waals surface area contributed by atoms with Crippen molar-refractivity contribution in [2.24, 2.45) is 0 Å². The van der Waals surface area contributed by atoms with Gasteiger partial charge < -0.3 is 15.0 Å². The van der Waals surface area contributed by atoms with Crippen molar-refractivity contribution in [2.45, 2.75) is 38.5 Å². The van der Waals surface area contributed by atoms with Gasteiger partial charge in [0.15, 0.2) is 0 Å². The number of unbranched alkanes of at least 4 members (excludes halogenated alkanes) is 3. The van der Waals surface area contributed by atoms with Crippen molar-refractivity contribution in [1.29, 1.82) is 0 Å². The highest BCUT2D eigenvalue weighted by Gasteiger charge is 2.18. The predicted molar refractivity (Wildman–Crippen MR) is 78.4 cm³/mol. The molecule has 1 saturated heterocycles. The number of carbonyl (C=O) groups excluding carboxylic acids is 3. The van der Waals surface area contributed by atoms with Gasteiger partial charge in [-0.3, -0.25) is 9.59 Å². The summed E-state index contributed by atoms with van der Waals surface area (Å²) in [4.78, 5) is 35.4. The number of amides is 2. The fourth-order valence-corrected chi connectivity index (χ4v) is 2.20. The molecular formula is C15H24N2O4. The molecule has 21 heavy (non-hydrogen) atoms. The van der Waals surface area contributed by atoms with Crippen LogP contribution in [0.5, 0.6) is 0 Å². The summed E-state index contributed by atoms with van der Waals surface area (Å²) in [5, 5.41) is 2.70. The Bertz CT molecular complexity index is 393. The molecule has 0 radical (unpaired) electrons. The van der Waals surface area contributed by atoms with Crippen LogP contribution in [0.25, 0.3) is 0 Å². The zero-order chi connectivity index (χ0) is 15.5. The molecule has 1 heterocycles. The van der Waals surface area contributed by atoms with E-state index < -0.39 is 5.97 Å². The van der Waals surface area contributed by atoms with Gasteiger partial charge in [-0.2, -0.15) is 0 Å². The molecule has 0 aromatic carbocycles. The topological polar surface area (TPSA) is 75.7 Å². The molecule has 0 bridgehead atoms. The first kappa shape index (κ1) is 17.2. The number of rotatable bonds is 9. The van der Waals surface area contributed by atoms with Crippen LogP contribution in [0.1, 0.15) is 38.5 Å². The van der Waals surface area contributed by atoms with E-state index in [-0.39, 0.29) is 11.8 Å². The van der Waals surface area contributed by atoms with Crippen molar-refractivity contribution in [3.63, 3.8) is 0 Å². The SMILES string of the molecule is COC(=O)C=CC(=O)NCCCCCCN1CCCC1=O. The van der Waals surface area contributed by atoms with Crippen LogP contribution in [0.15, 0.2) is 12.2 Å². The lowest BCUT2D eigenvalue weighted by Gasteiger charge is -2.14. The molecule has 0 spiro atoms. The van der Waals surface area contributed by atoms with Crippen LogP contribution in [0, 0.1) is 0 Å². The van der Waals surface area contributed by atoms with Gasteiger partial charge in [-0.15, -0.1) is 0 Å². The van der Waals surface area contributed by atoms with E-state index in [2.05, 4.69) is 10.1 Å². The maximum absolute atomic E-state index is 11.4. The van der Waals surface area contributed by atoms with E-state index in [0.29, 0.717) is 13.0 Å². The van der Waals surface area contributed by atoms with E-state index in [1.54, 1.807) is 0 Å². The van der Waals surface area contributed by atoms with Gasteiger partial charge in [0.05, 0.1) is 7.11 Å². The smallest absolute Gasteiger partial charge is 0.330 e. The third-order valence-electron chi connectivity index (χ3n) is 3.40. The standard InChI is InChI=1S/C15H24N2O4/c1-21-15(20)9-8-13(18)16-10-4-2-3-5-11-17-12-6-7-14(17)19/h8-9H,2-7,10-12H2,1H3,(H,16,18). The molecular weight excluding hydrogens is 272 g/mol. The van der Waals surface area contributed by atoms with Crippen LogP contribution >= 0.6 is 0 Å². The van der Waals surface area contributed by atoms with Crippen LogP contribution in [0.3, 0.4) is 0 Å². The zero-order valence-electron chi connectivity index (χ0n) is 12.6. The van der Waals surface area contributed by atoms with Gasteiger partial charge in [0, 0.05) is 38.2 Å². The van der Waals surface area contributed by atoms with E-state index in [1.807, 2.05) is 4.90 Å². The Morgan fingerprint density at radius 2 is 2.00 bits per heavy atom. The summed E-state index contributed by atoms with van der Waals surface area (Å²) < 4.78 is 4.39. The summed E-state index contributed by atoms with van der Waals surface area (Å²) >= 11 is 0. The molecule has 0 unspecified atom stereocenters. The second-order valence-electron chi connectivity index (χ2n) is 5.05. The molecule has 0 aromatic rings. The van der Waals surface area contributed by atoms with Gasteiger partial charge in [0.25, 0.3) is 0 Å². The fraction of sp³-hybridized carbons (Fsp3) is 0.667. The van der Waals surface area contributed by atoms with Crippen LogP contribution in [0.2, 0.25) is 0 Å². The van der Waals surface area contributed by atoms with Crippen LogP contribution in [-0.2, 0) is 19.1 Å². The first-order valence-electron chi connectivity index (χ1n) is 7.45. The number of methoxy groups -OCH3 is 1. The number of likely N-dealkylation sites (tertiary alicyclic amines) is 1. The molecule has 118 valence electrons. The lowest BCUT2D eigenvalue weighted by molar-refractivity contribution is -0.135. The fourth-order valence-electron chi connectivity index (χ4n) is 2.20. The molecule has 6 heteroatoms. The molecule has 1 rings (SSSR count). The summed E-state index contributed by atoms with van der Waals surface area (Å²) in [7, 11) is 1.26. The minimum absolute atomic E-state index is 0.277. The molecule has 0 aromatic heterocycles. The van der Waals surface area contributed by atoms with Crippen molar-refractivity contribution < 1.29 is 19.1 Å². The second kappa shape index (κ2) is 9.96. The van der Waals surface area contributed by atoms with Crippen LogP contribution in [-0.4, -0.2) is 49.4 Å². The number of esters is 1. The molecule has 0 aliphatic carbocycles. The first-order chi connectivity index (χ1) is 10.1. The molecule has 0 saturated carbocycles. The summed E-state index contributed by atoms with van der Waals surface area (Å²) in [6.45, 7) is 2.35. The number of carbonyl (C=O) groups is 3. The van der Waals surface area contributed by atoms with E-state index in [4.69, 9.17) is 0 Å². The Labute approximate surface area is 125 Å². The number of nitrogens with zero attached hydrogens (tertiary/aromatic N) is 1. The van der Waals surface area contributed by atoms with Gasteiger partial charge in [0.2, 0.25) is 11.8 Å². The lowest BCUT2D eigenvalue weighted by Crippen LogP contribution is -2.25. The number of hydrogen-bond donors (Lipinski definition) is 1. The lowest BCUT2D eigenvalue weighted by atomic mass is 10.2. The summed E-state index contributed by atoms with van der Waals surface area (Å²) in [6, 6.07) is 0.